The Kier molecular flexibility index (Phi) is 3.03. The third-order valence-corrected chi connectivity index (χ3v) is 1.73. The summed E-state index contributed by atoms with van der Waals surface area (Å²) in [6.07, 6.45) is -2.87. The highest BCUT2D eigenvalue weighted by molar-refractivity contribution is 5.90. The van der Waals surface area contributed by atoms with Crippen molar-refractivity contribution in [3.63, 3.8) is 0 Å². The number of anilines is 2. The Hall–Kier alpha value is -1.92. The molecule has 1 aromatic rings. The summed E-state index contributed by atoms with van der Waals surface area (Å²) in [5, 5.41) is 0. The second-order valence-electron chi connectivity index (χ2n) is 2.69. The first-order valence-corrected chi connectivity index (χ1v) is 3.89. The van der Waals surface area contributed by atoms with Gasteiger partial charge in [-0.25, -0.2) is 18.6 Å². The maximum atomic E-state index is 12.5. The maximum absolute atomic E-state index is 12.5. The number of hydrogen-bond donors (Lipinski definition) is 2. The molecular formula is C8H9F2N3O2. The number of esters is 1. The van der Waals surface area contributed by atoms with E-state index in [0.29, 0.717) is 0 Å². The third-order valence-electron chi connectivity index (χ3n) is 1.73. The molecule has 0 bridgehead atoms. The highest BCUT2D eigenvalue weighted by Crippen LogP contribution is 2.26. The van der Waals surface area contributed by atoms with Crippen LogP contribution >= 0.6 is 0 Å². The first-order chi connectivity index (χ1) is 6.97. The lowest BCUT2D eigenvalue weighted by atomic mass is 10.2. The minimum absolute atomic E-state index is 0.0991. The molecule has 0 unspecified atom stereocenters. The van der Waals surface area contributed by atoms with E-state index in [1.54, 1.807) is 0 Å². The molecule has 0 atom stereocenters. The molecule has 0 aliphatic heterocycles. The number of nitrogen functional groups attached to an aromatic ring is 2. The molecule has 1 heterocycles. The second-order valence-corrected chi connectivity index (χ2v) is 2.69. The zero-order valence-corrected chi connectivity index (χ0v) is 7.83. The van der Waals surface area contributed by atoms with Crippen molar-refractivity contribution in [2.45, 2.75) is 6.43 Å². The van der Waals surface area contributed by atoms with Gasteiger partial charge in [0.25, 0.3) is 6.43 Å². The lowest BCUT2D eigenvalue weighted by Crippen LogP contribution is -2.12. The van der Waals surface area contributed by atoms with Crippen LogP contribution in [0.4, 0.5) is 20.3 Å². The predicted octanol–water partition coefficient (Wildman–Crippen LogP) is 0.970. The van der Waals surface area contributed by atoms with Crippen molar-refractivity contribution in [2.75, 3.05) is 18.6 Å². The highest BCUT2D eigenvalue weighted by atomic mass is 19.3. The molecule has 1 rings (SSSR count). The zero-order valence-electron chi connectivity index (χ0n) is 7.83. The van der Waals surface area contributed by atoms with Gasteiger partial charge in [0, 0.05) is 0 Å². The number of aromatic nitrogens is 1. The number of rotatable bonds is 2. The SMILES string of the molecule is COC(=O)c1nc(N)c(N)cc1C(F)F. The fourth-order valence-corrected chi connectivity index (χ4v) is 0.986. The quantitative estimate of drug-likeness (QED) is 0.720. The highest BCUT2D eigenvalue weighted by Gasteiger charge is 2.22. The molecular weight excluding hydrogens is 208 g/mol. The van der Waals surface area contributed by atoms with Crippen LogP contribution in [0, 0.1) is 0 Å². The number of halogens is 2. The molecule has 0 aromatic carbocycles. The fourth-order valence-electron chi connectivity index (χ4n) is 0.986. The monoisotopic (exact) mass is 217 g/mol. The van der Waals surface area contributed by atoms with Gasteiger partial charge in [-0.05, 0) is 6.07 Å². The summed E-state index contributed by atoms with van der Waals surface area (Å²) in [6.45, 7) is 0. The van der Waals surface area contributed by atoms with Crippen LogP contribution in [0.1, 0.15) is 22.5 Å². The predicted molar refractivity (Wildman–Crippen MR) is 49.4 cm³/mol. The molecule has 0 fully saturated rings. The number of hydrogen-bond acceptors (Lipinski definition) is 5. The summed E-state index contributed by atoms with van der Waals surface area (Å²) < 4.78 is 29.3. The Balaban J connectivity index is 3.34. The molecule has 0 saturated heterocycles. The van der Waals surface area contributed by atoms with E-state index in [-0.39, 0.29) is 11.5 Å². The molecule has 0 aliphatic rings. The molecule has 0 radical (unpaired) electrons. The Morgan fingerprint density at radius 2 is 2.13 bits per heavy atom. The van der Waals surface area contributed by atoms with E-state index in [1.165, 1.54) is 0 Å². The first-order valence-electron chi connectivity index (χ1n) is 3.89. The molecule has 1 aromatic heterocycles. The lowest BCUT2D eigenvalue weighted by Gasteiger charge is -2.08. The van der Waals surface area contributed by atoms with E-state index in [2.05, 4.69) is 9.72 Å². The van der Waals surface area contributed by atoms with Crippen LogP contribution in [0.25, 0.3) is 0 Å². The number of nitrogens with two attached hydrogens (primary N) is 2. The Morgan fingerprint density at radius 1 is 1.53 bits per heavy atom. The minimum Gasteiger partial charge on any atom is -0.464 e. The van der Waals surface area contributed by atoms with Gasteiger partial charge in [-0.2, -0.15) is 0 Å². The first kappa shape index (κ1) is 11.2. The number of ether oxygens (including phenoxy) is 1. The number of methoxy groups -OCH3 is 1. The standard InChI is InChI=1S/C8H9F2N3O2/c1-15-8(14)5-3(6(9)10)2-4(11)7(12)13-5/h2,6H,11H2,1H3,(H2,12,13). The molecule has 7 heteroatoms. The van der Waals surface area contributed by atoms with E-state index in [0.717, 1.165) is 13.2 Å². The average Bonchev–Trinajstić information content (AvgIpc) is 2.20. The normalized spacial score (nSPS) is 10.4. The molecule has 82 valence electrons. The van der Waals surface area contributed by atoms with Gasteiger partial charge < -0.3 is 16.2 Å². The molecule has 15 heavy (non-hydrogen) atoms. The summed E-state index contributed by atoms with van der Waals surface area (Å²) in [5.41, 5.74) is 9.39. The van der Waals surface area contributed by atoms with E-state index >= 15 is 0 Å². The van der Waals surface area contributed by atoms with Crippen LogP contribution in [0.5, 0.6) is 0 Å². The minimum atomic E-state index is -2.87. The van der Waals surface area contributed by atoms with Crippen LogP contribution in [0.3, 0.4) is 0 Å². The lowest BCUT2D eigenvalue weighted by molar-refractivity contribution is 0.0582. The number of alkyl halides is 2. The van der Waals surface area contributed by atoms with Crippen molar-refractivity contribution in [1.82, 2.24) is 4.98 Å². The maximum Gasteiger partial charge on any atom is 0.357 e. The van der Waals surface area contributed by atoms with Crippen LogP contribution in [0.2, 0.25) is 0 Å². The summed E-state index contributed by atoms with van der Waals surface area (Å²) >= 11 is 0. The van der Waals surface area contributed by atoms with Gasteiger partial charge in [0.05, 0.1) is 18.4 Å². The second kappa shape index (κ2) is 4.07. The van der Waals surface area contributed by atoms with Gasteiger partial charge in [-0.15, -0.1) is 0 Å². The fraction of sp³-hybridized carbons (Fsp3) is 0.250. The summed E-state index contributed by atoms with van der Waals surface area (Å²) in [7, 11) is 1.06. The smallest absolute Gasteiger partial charge is 0.357 e. The van der Waals surface area contributed by atoms with E-state index in [1.807, 2.05) is 0 Å². The average molecular weight is 217 g/mol. The molecule has 4 N–H and O–H groups in total. The van der Waals surface area contributed by atoms with Gasteiger partial charge in [-0.1, -0.05) is 0 Å². The Bertz CT molecular complexity index is 396. The number of carbonyl (C=O) groups is 1. The van der Waals surface area contributed by atoms with Crippen molar-refractivity contribution < 1.29 is 18.3 Å². The van der Waals surface area contributed by atoms with Gasteiger partial charge in [0.15, 0.2) is 5.69 Å². The van der Waals surface area contributed by atoms with Crippen molar-refractivity contribution in [3.05, 3.63) is 17.3 Å². The van der Waals surface area contributed by atoms with Crippen molar-refractivity contribution in [1.29, 1.82) is 0 Å². The summed E-state index contributed by atoms with van der Waals surface area (Å²) in [6, 6.07) is 0.916. The van der Waals surface area contributed by atoms with E-state index in [4.69, 9.17) is 11.5 Å². The Labute approximate surface area is 84.0 Å². The Morgan fingerprint density at radius 3 is 2.60 bits per heavy atom. The number of carbonyl (C=O) groups excluding carboxylic acids is 1. The van der Waals surface area contributed by atoms with Crippen molar-refractivity contribution in [3.8, 4) is 0 Å². The van der Waals surface area contributed by atoms with Crippen LogP contribution in [-0.4, -0.2) is 18.1 Å². The van der Waals surface area contributed by atoms with Gasteiger partial charge in [0.1, 0.15) is 5.82 Å². The topological polar surface area (TPSA) is 91.2 Å². The molecule has 0 saturated carbocycles. The molecule has 5 nitrogen and oxygen atoms in total. The largest absolute Gasteiger partial charge is 0.464 e. The zero-order chi connectivity index (χ0) is 11.6. The number of pyridine rings is 1. The van der Waals surface area contributed by atoms with Crippen LogP contribution in [0.15, 0.2) is 6.07 Å². The van der Waals surface area contributed by atoms with E-state index < -0.39 is 23.7 Å². The van der Waals surface area contributed by atoms with Gasteiger partial charge >= 0.3 is 5.97 Å². The van der Waals surface area contributed by atoms with Crippen LogP contribution in [-0.2, 0) is 4.74 Å². The van der Waals surface area contributed by atoms with Crippen LogP contribution < -0.4 is 11.5 Å². The van der Waals surface area contributed by atoms with Gasteiger partial charge in [-0.3, -0.25) is 0 Å². The molecule has 0 spiro atoms. The number of nitrogens with zero attached hydrogens (tertiary/aromatic N) is 1. The summed E-state index contributed by atoms with van der Waals surface area (Å²) in [4.78, 5) is 14.6. The molecule has 0 aliphatic carbocycles. The summed E-state index contributed by atoms with van der Waals surface area (Å²) in [5.74, 6) is -1.16. The van der Waals surface area contributed by atoms with Crippen molar-refractivity contribution in [2.24, 2.45) is 0 Å². The molecule has 0 amide bonds. The van der Waals surface area contributed by atoms with Gasteiger partial charge in [0.2, 0.25) is 0 Å². The van der Waals surface area contributed by atoms with Crippen molar-refractivity contribution >= 4 is 17.5 Å². The van der Waals surface area contributed by atoms with E-state index in [9.17, 15) is 13.6 Å². The third kappa shape index (κ3) is 2.12.